The second-order valence-electron chi connectivity index (χ2n) is 5.79. The molecule has 12 heteroatoms. The topological polar surface area (TPSA) is 196 Å². The summed E-state index contributed by atoms with van der Waals surface area (Å²) < 4.78 is 19.9. The number of aliphatic hydroxyl groups excluding tert-OH is 7. The van der Waals surface area contributed by atoms with Crippen molar-refractivity contribution in [3.63, 3.8) is 0 Å². The summed E-state index contributed by atoms with van der Waals surface area (Å²) in [5, 5.41) is 66.9. The van der Waals surface area contributed by atoms with Gasteiger partial charge in [-0.25, -0.2) is 4.79 Å². The fourth-order valence-corrected chi connectivity index (χ4v) is 2.40. The van der Waals surface area contributed by atoms with Crippen molar-refractivity contribution in [2.45, 2.75) is 55.1 Å². The summed E-state index contributed by atoms with van der Waals surface area (Å²) in [6.07, 6.45) is -15.1. The van der Waals surface area contributed by atoms with Crippen molar-refractivity contribution in [1.82, 2.24) is 0 Å². The van der Waals surface area contributed by atoms with Crippen LogP contribution in [0.1, 0.15) is 0 Å². The standard InChI is InChI=1S/C14H26O12/c1-23-4-6-8(18)10(20)12(24-2)14(25-6)26-13(22)11(21)9(19)7(17)5(16)3-15/h5-12,14-21H,3-4H2,1-2H3/t5-,6-,7-,8-,9+,10+,11-,12-,14-/m1/s1. The Labute approximate surface area is 149 Å². The van der Waals surface area contributed by atoms with Crippen LogP contribution in [0.3, 0.4) is 0 Å². The minimum atomic E-state index is -2.29. The van der Waals surface area contributed by atoms with Gasteiger partial charge in [-0.05, 0) is 0 Å². The Balaban J connectivity index is 2.81. The van der Waals surface area contributed by atoms with Gasteiger partial charge in [-0.15, -0.1) is 0 Å². The molecule has 0 aromatic carbocycles. The van der Waals surface area contributed by atoms with Gasteiger partial charge in [0.2, 0.25) is 6.29 Å². The molecular formula is C14H26O12. The Morgan fingerprint density at radius 1 is 1.08 bits per heavy atom. The number of hydrogen-bond acceptors (Lipinski definition) is 12. The molecule has 1 fully saturated rings. The van der Waals surface area contributed by atoms with E-state index in [4.69, 9.17) is 24.1 Å². The largest absolute Gasteiger partial charge is 0.431 e. The first-order valence-electron chi connectivity index (χ1n) is 7.76. The molecule has 7 N–H and O–H groups in total. The minimum absolute atomic E-state index is 0.144. The third-order valence-electron chi connectivity index (χ3n) is 3.98. The van der Waals surface area contributed by atoms with Gasteiger partial charge in [0.1, 0.15) is 42.7 Å². The van der Waals surface area contributed by atoms with Gasteiger partial charge in [0.25, 0.3) is 0 Å². The van der Waals surface area contributed by atoms with E-state index in [-0.39, 0.29) is 6.61 Å². The molecule has 0 radical (unpaired) electrons. The second kappa shape index (κ2) is 10.4. The lowest BCUT2D eigenvalue weighted by atomic mass is 9.99. The van der Waals surface area contributed by atoms with Crippen molar-refractivity contribution >= 4 is 5.97 Å². The number of aliphatic hydroxyl groups is 7. The van der Waals surface area contributed by atoms with Crippen LogP contribution in [0.2, 0.25) is 0 Å². The van der Waals surface area contributed by atoms with E-state index in [1.165, 1.54) is 7.11 Å². The maximum Gasteiger partial charge on any atom is 0.340 e. The molecular weight excluding hydrogens is 360 g/mol. The average molecular weight is 386 g/mol. The number of hydrogen-bond donors (Lipinski definition) is 7. The number of methoxy groups -OCH3 is 2. The van der Waals surface area contributed by atoms with Crippen LogP contribution in [-0.2, 0) is 23.7 Å². The summed E-state index contributed by atoms with van der Waals surface area (Å²) in [4.78, 5) is 12.0. The predicted octanol–water partition coefficient (Wildman–Crippen LogP) is -4.93. The van der Waals surface area contributed by atoms with Crippen molar-refractivity contribution in [2.24, 2.45) is 0 Å². The maximum absolute atomic E-state index is 12.0. The van der Waals surface area contributed by atoms with Gasteiger partial charge >= 0.3 is 5.97 Å². The normalized spacial score (nSPS) is 34.0. The lowest BCUT2D eigenvalue weighted by Gasteiger charge is -2.41. The van der Waals surface area contributed by atoms with E-state index in [1.54, 1.807) is 0 Å². The van der Waals surface area contributed by atoms with E-state index in [9.17, 15) is 35.4 Å². The molecule has 0 aliphatic carbocycles. The first-order chi connectivity index (χ1) is 12.2. The van der Waals surface area contributed by atoms with Crippen LogP contribution in [0.15, 0.2) is 0 Å². The molecule has 26 heavy (non-hydrogen) atoms. The molecule has 0 aromatic rings. The van der Waals surface area contributed by atoms with Crippen molar-refractivity contribution in [1.29, 1.82) is 0 Å². The summed E-state index contributed by atoms with van der Waals surface area (Å²) >= 11 is 0. The Morgan fingerprint density at radius 3 is 2.19 bits per heavy atom. The summed E-state index contributed by atoms with van der Waals surface area (Å²) in [6, 6.07) is 0. The molecule has 1 saturated heterocycles. The zero-order valence-electron chi connectivity index (χ0n) is 14.3. The Hall–Kier alpha value is -0.930. The Bertz CT molecular complexity index is 432. The molecule has 9 atom stereocenters. The lowest BCUT2D eigenvalue weighted by molar-refractivity contribution is -0.301. The Kier molecular flexibility index (Phi) is 9.26. The first-order valence-corrected chi connectivity index (χ1v) is 7.76. The highest BCUT2D eigenvalue weighted by atomic mass is 16.7. The third-order valence-corrected chi connectivity index (χ3v) is 3.98. The van der Waals surface area contributed by atoms with E-state index < -0.39 is 67.7 Å². The molecule has 0 unspecified atom stereocenters. The molecule has 0 spiro atoms. The summed E-state index contributed by atoms with van der Waals surface area (Å²) in [6.45, 7) is -1.06. The fourth-order valence-electron chi connectivity index (χ4n) is 2.40. The number of ether oxygens (including phenoxy) is 4. The number of esters is 1. The Morgan fingerprint density at radius 2 is 1.69 bits per heavy atom. The van der Waals surface area contributed by atoms with Gasteiger partial charge in [0.05, 0.1) is 13.2 Å². The van der Waals surface area contributed by atoms with Crippen LogP contribution in [0.4, 0.5) is 0 Å². The van der Waals surface area contributed by atoms with E-state index >= 15 is 0 Å². The molecule has 0 saturated carbocycles. The highest BCUT2D eigenvalue weighted by Crippen LogP contribution is 2.25. The fraction of sp³-hybridized carbons (Fsp3) is 0.929. The van der Waals surface area contributed by atoms with Crippen molar-refractivity contribution < 1.29 is 59.5 Å². The van der Waals surface area contributed by atoms with Crippen LogP contribution in [-0.4, -0.2) is 124 Å². The molecule has 1 aliphatic heterocycles. The van der Waals surface area contributed by atoms with Crippen molar-refractivity contribution in [3.05, 3.63) is 0 Å². The molecule has 12 nitrogen and oxygen atoms in total. The smallest absolute Gasteiger partial charge is 0.340 e. The van der Waals surface area contributed by atoms with Crippen LogP contribution >= 0.6 is 0 Å². The van der Waals surface area contributed by atoms with Gasteiger partial charge in [0, 0.05) is 14.2 Å². The van der Waals surface area contributed by atoms with Crippen LogP contribution in [0.5, 0.6) is 0 Å². The van der Waals surface area contributed by atoms with E-state index in [0.29, 0.717) is 0 Å². The molecule has 1 heterocycles. The van der Waals surface area contributed by atoms with Crippen LogP contribution < -0.4 is 0 Å². The molecule has 1 rings (SSSR count). The van der Waals surface area contributed by atoms with Crippen molar-refractivity contribution in [3.8, 4) is 0 Å². The summed E-state index contributed by atoms with van der Waals surface area (Å²) in [5.74, 6) is -1.45. The first kappa shape index (κ1) is 23.1. The summed E-state index contributed by atoms with van der Waals surface area (Å²) in [5.41, 5.74) is 0. The maximum atomic E-state index is 12.0. The highest BCUT2D eigenvalue weighted by molar-refractivity contribution is 5.75. The average Bonchev–Trinajstić information content (AvgIpc) is 2.63. The van der Waals surface area contributed by atoms with Crippen molar-refractivity contribution in [2.75, 3.05) is 27.4 Å². The molecule has 0 aromatic heterocycles. The zero-order chi connectivity index (χ0) is 20.0. The number of carbonyl (C=O) groups excluding carboxylic acids is 1. The van der Waals surface area contributed by atoms with E-state index in [2.05, 4.69) is 0 Å². The zero-order valence-corrected chi connectivity index (χ0v) is 14.3. The van der Waals surface area contributed by atoms with Gasteiger partial charge < -0.3 is 54.7 Å². The van der Waals surface area contributed by atoms with Crippen LogP contribution in [0.25, 0.3) is 0 Å². The third kappa shape index (κ3) is 5.29. The van der Waals surface area contributed by atoms with Gasteiger partial charge in [-0.3, -0.25) is 0 Å². The highest BCUT2D eigenvalue weighted by Gasteiger charge is 2.47. The monoisotopic (exact) mass is 386 g/mol. The molecule has 0 amide bonds. The molecule has 1 aliphatic rings. The summed E-state index contributed by atoms with van der Waals surface area (Å²) in [7, 11) is 2.48. The SMILES string of the molecule is COC[C@H]1O[C@H](OC(=O)[C@H](O)[C@@H](O)[C@H](O)[C@H](O)CO)[C@H](OC)[C@@H](O)[C@@H]1O. The van der Waals surface area contributed by atoms with Gasteiger partial charge in [-0.1, -0.05) is 0 Å². The van der Waals surface area contributed by atoms with Gasteiger partial charge in [-0.2, -0.15) is 0 Å². The van der Waals surface area contributed by atoms with Crippen LogP contribution in [0, 0.1) is 0 Å². The van der Waals surface area contributed by atoms with E-state index in [0.717, 1.165) is 7.11 Å². The molecule has 154 valence electrons. The number of rotatable bonds is 9. The predicted molar refractivity (Wildman–Crippen MR) is 80.6 cm³/mol. The number of carbonyl (C=O) groups is 1. The second-order valence-corrected chi connectivity index (χ2v) is 5.79. The molecule has 0 bridgehead atoms. The van der Waals surface area contributed by atoms with E-state index in [1.807, 2.05) is 0 Å². The van der Waals surface area contributed by atoms with Gasteiger partial charge in [0.15, 0.2) is 6.10 Å². The lowest BCUT2D eigenvalue weighted by Crippen LogP contribution is -2.61. The quantitative estimate of drug-likeness (QED) is 0.187. The minimum Gasteiger partial charge on any atom is -0.431 e.